The topological polar surface area (TPSA) is 110 Å². The summed E-state index contributed by atoms with van der Waals surface area (Å²) in [6, 6.07) is 12.7. The molecule has 1 aliphatic rings. The Bertz CT molecular complexity index is 886. The van der Waals surface area contributed by atoms with Gasteiger partial charge in [-0.05, 0) is 41.3 Å². The first kappa shape index (κ1) is 21.8. The average Bonchev–Trinajstić information content (AvgIpc) is 2.73. The number of aliphatic hydroxyl groups is 5. The molecule has 2 aromatic carbocycles. The molecule has 0 bridgehead atoms. The van der Waals surface area contributed by atoms with E-state index in [9.17, 15) is 20.4 Å². The molecule has 5 atom stereocenters. The fourth-order valence-electron chi connectivity index (χ4n) is 3.35. The third-order valence-corrected chi connectivity index (χ3v) is 5.32. The highest BCUT2D eigenvalue weighted by molar-refractivity contribution is 6.31. The summed E-state index contributed by atoms with van der Waals surface area (Å²) in [5.74, 6) is 5.43. The van der Waals surface area contributed by atoms with Crippen LogP contribution in [-0.4, -0.2) is 63.2 Å². The van der Waals surface area contributed by atoms with Crippen molar-refractivity contribution < 1.29 is 30.3 Å². The van der Waals surface area contributed by atoms with Gasteiger partial charge in [0, 0.05) is 10.6 Å². The molecule has 6 nitrogen and oxygen atoms in total. The molecular formula is C22H23ClO6. The van der Waals surface area contributed by atoms with Crippen LogP contribution in [0.2, 0.25) is 5.02 Å². The maximum atomic E-state index is 10.3. The second-order valence-electron chi connectivity index (χ2n) is 6.93. The first-order chi connectivity index (χ1) is 13.9. The lowest BCUT2D eigenvalue weighted by Crippen LogP contribution is -2.55. The second kappa shape index (κ2) is 9.70. The van der Waals surface area contributed by atoms with Crippen molar-refractivity contribution in [1.29, 1.82) is 0 Å². The number of hydrogen-bond donors (Lipinski definition) is 5. The molecule has 1 aliphatic heterocycles. The van der Waals surface area contributed by atoms with E-state index in [1.54, 1.807) is 18.2 Å². The molecule has 1 heterocycles. The maximum Gasteiger partial charge on any atom is 0.113 e. The van der Waals surface area contributed by atoms with Gasteiger partial charge in [-0.15, -0.1) is 0 Å². The van der Waals surface area contributed by atoms with Crippen LogP contribution >= 0.6 is 11.6 Å². The smallest absolute Gasteiger partial charge is 0.113 e. The lowest BCUT2D eigenvalue weighted by atomic mass is 9.90. The van der Waals surface area contributed by atoms with E-state index >= 15 is 0 Å². The summed E-state index contributed by atoms with van der Waals surface area (Å²) in [5.41, 5.74) is 3.18. The lowest BCUT2D eigenvalue weighted by Gasteiger charge is -2.40. The van der Waals surface area contributed by atoms with Gasteiger partial charge in [-0.25, -0.2) is 0 Å². The molecule has 0 aliphatic carbocycles. The quantitative estimate of drug-likeness (QED) is 0.469. The molecule has 29 heavy (non-hydrogen) atoms. The molecule has 0 spiro atoms. The highest BCUT2D eigenvalue weighted by Gasteiger charge is 2.43. The monoisotopic (exact) mass is 418 g/mol. The van der Waals surface area contributed by atoms with E-state index < -0.39 is 37.1 Å². The minimum absolute atomic E-state index is 0.192. The van der Waals surface area contributed by atoms with Crippen molar-refractivity contribution >= 4 is 11.6 Å². The molecule has 0 amide bonds. The Kier molecular flexibility index (Phi) is 7.28. The molecule has 2 aromatic rings. The highest BCUT2D eigenvalue weighted by Crippen LogP contribution is 2.34. The zero-order valence-electron chi connectivity index (χ0n) is 15.6. The Morgan fingerprint density at radius 2 is 1.66 bits per heavy atom. The maximum absolute atomic E-state index is 10.3. The first-order valence-electron chi connectivity index (χ1n) is 9.22. The van der Waals surface area contributed by atoms with Gasteiger partial charge < -0.3 is 30.3 Å². The molecule has 3 rings (SSSR count). The molecule has 0 aromatic heterocycles. The van der Waals surface area contributed by atoms with Gasteiger partial charge >= 0.3 is 0 Å². The van der Waals surface area contributed by atoms with Crippen molar-refractivity contribution in [1.82, 2.24) is 0 Å². The normalized spacial score (nSPS) is 26.6. The summed E-state index contributed by atoms with van der Waals surface area (Å²) in [6.45, 7) is -0.671. The largest absolute Gasteiger partial charge is 0.394 e. The van der Waals surface area contributed by atoms with E-state index in [0.29, 0.717) is 17.0 Å². The Hall–Kier alpha value is -1.95. The van der Waals surface area contributed by atoms with E-state index in [0.717, 1.165) is 16.7 Å². The molecule has 5 N–H and O–H groups in total. The lowest BCUT2D eigenvalue weighted by molar-refractivity contribution is -0.231. The zero-order valence-corrected chi connectivity index (χ0v) is 16.3. The molecule has 7 heteroatoms. The van der Waals surface area contributed by atoms with Crippen molar-refractivity contribution in [3.8, 4) is 11.8 Å². The molecule has 1 fully saturated rings. The molecular weight excluding hydrogens is 396 g/mol. The van der Waals surface area contributed by atoms with E-state index in [1.165, 1.54) is 0 Å². The number of hydrogen-bond acceptors (Lipinski definition) is 6. The van der Waals surface area contributed by atoms with Crippen LogP contribution in [0.15, 0.2) is 42.5 Å². The van der Waals surface area contributed by atoms with Crippen LogP contribution in [0, 0.1) is 11.8 Å². The van der Waals surface area contributed by atoms with Gasteiger partial charge in [0.25, 0.3) is 0 Å². The van der Waals surface area contributed by atoms with Crippen molar-refractivity contribution in [3.63, 3.8) is 0 Å². The molecule has 1 saturated heterocycles. The Morgan fingerprint density at radius 3 is 2.31 bits per heavy atom. The van der Waals surface area contributed by atoms with Crippen molar-refractivity contribution in [2.45, 2.75) is 36.9 Å². The Balaban J connectivity index is 1.82. The molecule has 154 valence electrons. The summed E-state index contributed by atoms with van der Waals surface area (Å²) in [7, 11) is 0. The number of benzene rings is 2. The summed E-state index contributed by atoms with van der Waals surface area (Å²) in [4.78, 5) is 0. The van der Waals surface area contributed by atoms with Crippen molar-refractivity contribution in [2.24, 2.45) is 0 Å². The van der Waals surface area contributed by atoms with Crippen LogP contribution in [0.1, 0.15) is 28.4 Å². The van der Waals surface area contributed by atoms with E-state index in [4.69, 9.17) is 21.4 Å². The van der Waals surface area contributed by atoms with E-state index in [2.05, 4.69) is 11.8 Å². The van der Waals surface area contributed by atoms with Crippen molar-refractivity contribution in [2.75, 3.05) is 13.2 Å². The zero-order chi connectivity index (χ0) is 21.0. The van der Waals surface area contributed by atoms with E-state index in [1.807, 2.05) is 24.3 Å². The SMILES string of the molecule is OCC#Cc1ccc(Cc2cc([C@@H]3O[C@H](CO)[C@@H](O)C(O)[C@H]3O)ccc2Cl)cc1. The van der Waals surface area contributed by atoms with Crippen LogP contribution in [0.25, 0.3) is 0 Å². The Morgan fingerprint density at radius 1 is 0.931 bits per heavy atom. The summed E-state index contributed by atoms with van der Waals surface area (Å²) in [6.07, 6.45) is -5.52. The van der Waals surface area contributed by atoms with Gasteiger partial charge in [0.15, 0.2) is 0 Å². The molecule has 1 unspecified atom stereocenters. The highest BCUT2D eigenvalue weighted by atomic mass is 35.5. The van der Waals surface area contributed by atoms with Gasteiger partial charge in [-0.3, -0.25) is 0 Å². The first-order valence-corrected chi connectivity index (χ1v) is 9.60. The van der Waals surface area contributed by atoms with Crippen LogP contribution in [-0.2, 0) is 11.2 Å². The predicted molar refractivity (Wildman–Crippen MR) is 107 cm³/mol. The minimum Gasteiger partial charge on any atom is -0.394 e. The van der Waals surface area contributed by atoms with Crippen LogP contribution in [0.4, 0.5) is 0 Å². The number of halogens is 1. The van der Waals surface area contributed by atoms with Gasteiger partial charge in [-0.1, -0.05) is 47.7 Å². The standard InChI is InChI=1S/C22H23ClO6/c23-17-8-7-15(22-21(28)20(27)19(26)18(12-25)29-22)11-16(17)10-14-5-3-13(4-6-14)2-1-9-24/h3-8,11,18-22,24-28H,9-10,12H2/t18-,19-,20?,21-,22+/m1/s1. The predicted octanol–water partition coefficient (Wildman–Crippen LogP) is 0.789. The van der Waals surface area contributed by atoms with Crippen LogP contribution in [0.5, 0.6) is 0 Å². The fraction of sp³-hybridized carbons (Fsp3) is 0.364. The third-order valence-electron chi connectivity index (χ3n) is 4.95. The number of rotatable bonds is 4. The number of ether oxygens (including phenoxy) is 1. The number of aliphatic hydroxyl groups excluding tert-OH is 5. The average molecular weight is 419 g/mol. The molecule has 0 saturated carbocycles. The summed E-state index contributed by atoms with van der Waals surface area (Å²) in [5, 5.41) is 49.0. The van der Waals surface area contributed by atoms with Crippen molar-refractivity contribution in [3.05, 3.63) is 69.7 Å². The molecule has 0 radical (unpaired) electrons. The minimum atomic E-state index is -1.43. The van der Waals surface area contributed by atoms with Crippen LogP contribution in [0.3, 0.4) is 0 Å². The van der Waals surface area contributed by atoms with Crippen LogP contribution < -0.4 is 0 Å². The fourth-order valence-corrected chi connectivity index (χ4v) is 3.54. The van der Waals surface area contributed by atoms with Gasteiger partial charge in [0.1, 0.15) is 37.1 Å². The third kappa shape index (κ3) is 4.97. The van der Waals surface area contributed by atoms with E-state index in [-0.39, 0.29) is 6.61 Å². The second-order valence-corrected chi connectivity index (χ2v) is 7.34. The van der Waals surface area contributed by atoms with Gasteiger partial charge in [0.05, 0.1) is 6.61 Å². The van der Waals surface area contributed by atoms with Gasteiger partial charge in [0.2, 0.25) is 0 Å². The summed E-state index contributed by atoms with van der Waals surface area (Å²) >= 11 is 6.35. The Labute approximate surface area is 174 Å². The van der Waals surface area contributed by atoms with Gasteiger partial charge in [-0.2, -0.15) is 0 Å². The summed E-state index contributed by atoms with van der Waals surface area (Å²) < 4.78 is 5.63.